The van der Waals surface area contributed by atoms with Crippen LogP contribution in [0, 0.1) is 0 Å². The summed E-state index contributed by atoms with van der Waals surface area (Å²) < 4.78 is 25.5. The molecule has 1 aromatic rings. The molecule has 0 amide bonds. The molecule has 5 nitrogen and oxygen atoms in total. The topological polar surface area (TPSA) is 83.5 Å². The van der Waals surface area contributed by atoms with Crippen molar-refractivity contribution >= 4 is 16.0 Å². The number of rotatable bonds is 7. The summed E-state index contributed by atoms with van der Waals surface area (Å²) in [6, 6.07) is 7.33. The number of carbonyl (C=O) groups is 1. The molecule has 6 heteroatoms. The van der Waals surface area contributed by atoms with Gasteiger partial charge in [-0.15, -0.1) is 0 Å². The lowest BCUT2D eigenvalue weighted by atomic mass is 10.1. The van der Waals surface area contributed by atoms with Crippen molar-refractivity contribution < 1.29 is 18.3 Å². The first-order chi connectivity index (χ1) is 8.43. The predicted molar refractivity (Wildman–Crippen MR) is 68.7 cm³/mol. The quantitative estimate of drug-likeness (QED) is 0.779. The number of hydrogen-bond donors (Lipinski definition) is 2. The molecule has 0 bridgehead atoms. The fraction of sp³-hybridized carbons (Fsp3) is 0.417. The SMILES string of the molecule is CCc1ccc(CS(=O)(=O)NCCC(=O)O)cc1. The van der Waals surface area contributed by atoms with E-state index in [0.717, 1.165) is 12.0 Å². The third-order valence-corrected chi connectivity index (χ3v) is 3.81. The van der Waals surface area contributed by atoms with E-state index in [1.807, 2.05) is 19.1 Å². The van der Waals surface area contributed by atoms with Crippen LogP contribution < -0.4 is 4.72 Å². The Hall–Kier alpha value is -1.40. The molecule has 0 spiro atoms. The van der Waals surface area contributed by atoms with Crippen molar-refractivity contribution in [3.63, 3.8) is 0 Å². The maximum absolute atomic E-state index is 11.6. The molecule has 0 aliphatic carbocycles. The molecule has 0 saturated heterocycles. The van der Waals surface area contributed by atoms with Gasteiger partial charge in [0.15, 0.2) is 0 Å². The normalized spacial score (nSPS) is 11.4. The van der Waals surface area contributed by atoms with Gasteiger partial charge in [0.05, 0.1) is 12.2 Å². The summed E-state index contributed by atoms with van der Waals surface area (Å²) in [5, 5.41) is 8.42. The van der Waals surface area contributed by atoms with E-state index in [0.29, 0.717) is 5.56 Å². The number of benzene rings is 1. The molecular weight excluding hydrogens is 254 g/mol. The molecule has 0 radical (unpaired) electrons. The smallest absolute Gasteiger partial charge is 0.304 e. The number of aryl methyl sites for hydroxylation is 1. The minimum absolute atomic E-state index is 0.0787. The van der Waals surface area contributed by atoms with Crippen LogP contribution in [-0.4, -0.2) is 26.0 Å². The lowest BCUT2D eigenvalue weighted by Crippen LogP contribution is -2.27. The van der Waals surface area contributed by atoms with Gasteiger partial charge in [-0.2, -0.15) is 0 Å². The first-order valence-corrected chi connectivity index (χ1v) is 7.35. The summed E-state index contributed by atoms with van der Waals surface area (Å²) in [4.78, 5) is 10.3. The van der Waals surface area contributed by atoms with Crippen molar-refractivity contribution in [2.75, 3.05) is 6.54 Å². The fourth-order valence-electron chi connectivity index (χ4n) is 1.46. The van der Waals surface area contributed by atoms with Crippen molar-refractivity contribution in [1.29, 1.82) is 0 Å². The van der Waals surface area contributed by atoms with E-state index in [9.17, 15) is 13.2 Å². The van der Waals surface area contributed by atoms with Gasteiger partial charge in [-0.3, -0.25) is 4.79 Å². The van der Waals surface area contributed by atoms with Gasteiger partial charge in [-0.05, 0) is 17.5 Å². The van der Waals surface area contributed by atoms with Crippen LogP contribution in [0.15, 0.2) is 24.3 Å². The van der Waals surface area contributed by atoms with E-state index in [4.69, 9.17) is 5.11 Å². The highest BCUT2D eigenvalue weighted by Crippen LogP contribution is 2.08. The lowest BCUT2D eigenvalue weighted by Gasteiger charge is -2.06. The van der Waals surface area contributed by atoms with E-state index in [2.05, 4.69) is 4.72 Å². The minimum atomic E-state index is -3.46. The Morgan fingerprint density at radius 3 is 2.28 bits per heavy atom. The molecule has 100 valence electrons. The third-order valence-electron chi connectivity index (χ3n) is 2.45. The van der Waals surface area contributed by atoms with E-state index >= 15 is 0 Å². The largest absolute Gasteiger partial charge is 0.481 e. The highest BCUT2D eigenvalue weighted by atomic mass is 32.2. The number of carboxylic acid groups (broad SMARTS) is 1. The van der Waals surface area contributed by atoms with Gasteiger partial charge < -0.3 is 5.11 Å². The summed E-state index contributed by atoms with van der Waals surface area (Å²) >= 11 is 0. The highest BCUT2D eigenvalue weighted by molar-refractivity contribution is 7.88. The van der Waals surface area contributed by atoms with Gasteiger partial charge in [0.1, 0.15) is 0 Å². The van der Waals surface area contributed by atoms with Crippen LogP contribution in [0.5, 0.6) is 0 Å². The number of sulfonamides is 1. The average Bonchev–Trinajstić information content (AvgIpc) is 2.28. The molecule has 0 aromatic heterocycles. The van der Waals surface area contributed by atoms with E-state index in [1.165, 1.54) is 0 Å². The molecule has 0 fully saturated rings. The monoisotopic (exact) mass is 271 g/mol. The van der Waals surface area contributed by atoms with Crippen LogP contribution in [0.3, 0.4) is 0 Å². The van der Waals surface area contributed by atoms with Crippen LogP contribution in [0.25, 0.3) is 0 Å². The van der Waals surface area contributed by atoms with Crippen LogP contribution in [0.4, 0.5) is 0 Å². The number of carboxylic acids is 1. The maximum Gasteiger partial charge on any atom is 0.304 e. The summed E-state index contributed by atoms with van der Waals surface area (Å²) in [6.45, 7) is 1.95. The second-order valence-corrected chi connectivity index (χ2v) is 5.77. The number of hydrogen-bond acceptors (Lipinski definition) is 3. The third kappa shape index (κ3) is 5.29. The predicted octanol–water partition coefficient (Wildman–Crippen LogP) is 1.14. The van der Waals surface area contributed by atoms with Crippen LogP contribution in [0.2, 0.25) is 0 Å². The summed E-state index contributed by atoms with van der Waals surface area (Å²) in [6.07, 6.45) is 0.692. The Bertz CT molecular complexity index is 493. The average molecular weight is 271 g/mol. The molecule has 1 aromatic carbocycles. The van der Waals surface area contributed by atoms with E-state index in [1.54, 1.807) is 12.1 Å². The molecular formula is C12H17NO4S. The zero-order valence-corrected chi connectivity index (χ0v) is 11.0. The number of nitrogens with one attached hydrogen (secondary N) is 1. The van der Waals surface area contributed by atoms with E-state index in [-0.39, 0.29) is 18.7 Å². The van der Waals surface area contributed by atoms with Crippen LogP contribution in [0.1, 0.15) is 24.5 Å². The summed E-state index contributed by atoms with van der Waals surface area (Å²) in [7, 11) is -3.46. The van der Waals surface area contributed by atoms with Gasteiger partial charge in [0.2, 0.25) is 10.0 Å². The molecule has 0 unspecified atom stereocenters. The standard InChI is InChI=1S/C12H17NO4S/c1-2-10-3-5-11(6-4-10)9-18(16,17)13-8-7-12(14)15/h3-6,13H,2,7-9H2,1H3,(H,14,15). The second-order valence-electron chi connectivity index (χ2n) is 3.97. The van der Waals surface area contributed by atoms with Gasteiger partial charge in [0.25, 0.3) is 0 Å². The summed E-state index contributed by atoms with van der Waals surface area (Å²) in [5.74, 6) is -1.15. The molecule has 1 rings (SSSR count). The molecule has 2 N–H and O–H groups in total. The fourth-order valence-corrected chi connectivity index (χ4v) is 2.60. The summed E-state index contributed by atoms with van der Waals surface area (Å²) in [5.41, 5.74) is 1.84. The van der Waals surface area contributed by atoms with Crippen molar-refractivity contribution in [2.45, 2.75) is 25.5 Å². The lowest BCUT2D eigenvalue weighted by molar-refractivity contribution is -0.136. The first kappa shape index (κ1) is 14.7. The zero-order valence-electron chi connectivity index (χ0n) is 10.2. The van der Waals surface area contributed by atoms with Gasteiger partial charge in [-0.25, -0.2) is 13.1 Å². The van der Waals surface area contributed by atoms with Crippen molar-refractivity contribution in [3.8, 4) is 0 Å². The van der Waals surface area contributed by atoms with Crippen LogP contribution >= 0.6 is 0 Å². The van der Waals surface area contributed by atoms with Gasteiger partial charge in [0, 0.05) is 6.54 Å². The Labute approximate surface area is 107 Å². The Kier molecular flexibility index (Phi) is 5.30. The highest BCUT2D eigenvalue weighted by Gasteiger charge is 2.11. The minimum Gasteiger partial charge on any atom is -0.481 e. The van der Waals surface area contributed by atoms with E-state index < -0.39 is 16.0 Å². The molecule has 0 aliphatic rings. The van der Waals surface area contributed by atoms with Crippen molar-refractivity contribution in [1.82, 2.24) is 4.72 Å². The van der Waals surface area contributed by atoms with Crippen molar-refractivity contribution in [3.05, 3.63) is 35.4 Å². The molecule has 0 aliphatic heterocycles. The second kappa shape index (κ2) is 6.51. The number of aliphatic carboxylic acids is 1. The Morgan fingerprint density at radius 2 is 1.78 bits per heavy atom. The molecule has 18 heavy (non-hydrogen) atoms. The Balaban J connectivity index is 2.56. The molecule has 0 atom stereocenters. The van der Waals surface area contributed by atoms with Gasteiger partial charge in [-0.1, -0.05) is 31.2 Å². The zero-order chi connectivity index (χ0) is 13.6. The maximum atomic E-state index is 11.6. The van der Waals surface area contributed by atoms with Gasteiger partial charge >= 0.3 is 5.97 Å². The van der Waals surface area contributed by atoms with Crippen LogP contribution in [-0.2, 0) is 27.0 Å². The molecule has 0 saturated carbocycles. The first-order valence-electron chi connectivity index (χ1n) is 5.70. The van der Waals surface area contributed by atoms with Crippen molar-refractivity contribution in [2.24, 2.45) is 0 Å². The molecule has 0 heterocycles. The Morgan fingerprint density at radius 1 is 1.22 bits per heavy atom.